The molecule has 0 bridgehead atoms. The highest BCUT2D eigenvalue weighted by Crippen LogP contribution is 2.65. The summed E-state index contributed by atoms with van der Waals surface area (Å²) in [5, 5.41) is 20.9. The van der Waals surface area contributed by atoms with Crippen LogP contribution in [0.5, 0.6) is 0 Å². The Morgan fingerprint density at radius 2 is 1.77 bits per heavy atom. The molecule has 4 rings (SSSR count). The molecular formula is C19H30O3. The largest absolute Gasteiger partial charge is 0.393 e. The predicted octanol–water partition coefficient (Wildman–Crippen LogP) is 2.93. The summed E-state index contributed by atoms with van der Waals surface area (Å²) in [7, 11) is 0. The van der Waals surface area contributed by atoms with E-state index in [0.29, 0.717) is 29.5 Å². The molecule has 0 heterocycles. The third kappa shape index (κ3) is 1.84. The van der Waals surface area contributed by atoms with Gasteiger partial charge < -0.3 is 10.2 Å². The Morgan fingerprint density at radius 1 is 1.00 bits per heavy atom. The van der Waals surface area contributed by atoms with Crippen molar-refractivity contribution in [2.45, 2.75) is 77.4 Å². The molecule has 0 spiro atoms. The Kier molecular flexibility index (Phi) is 3.30. The third-order valence-electron chi connectivity index (χ3n) is 8.36. The number of aliphatic hydroxyl groups is 2. The SMILES string of the molecule is C[C@@]12CC[C@@H](O)C[C@@H]1C[C@@H](O)[C@H]1[C@H]2CC[C@]2(C)C(=O)CC[C@H]12. The smallest absolute Gasteiger partial charge is 0.139 e. The lowest BCUT2D eigenvalue weighted by Crippen LogP contribution is -2.58. The lowest BCUT2D eigenvalue weighted by Gasteiger charge is -2.61. The van der Waals surface area contributed by atoms with Gasteiger partial charge in [-0.3, -0.25) is 4.79 Å². The van der Waals surface area contributed by atoms with Crippen LogP contribution >= 0.6 is 0 Å². The van der Waals surface area contributed by atoms with Crippen molar-refractivity contribution >= 4 is 5.78 Å². The number of ketones is 1. The van der Waals surface area contributed by atoms with E-state index in [4.69, 9.17) is 0 Å². The Hall–Kier alpha value is -0.410. The number of hydrogen-bond acceptors (Lipinski definition) is 3. The van der Waals surface area contributed by atoms with E-state index in [9.17, 15) is 15.0 Å². The van der Waals surface area contributed by atoms with Crippen molar-refractivity contribution in [3.63, 3.8) is 0 Å². The molecule has 4 aliphatic rings. The quantitative estimate of drug-likeness (QED) is 0.723. The van der Waals surface area contributed by atoms with Crippen molar-refractivity contribution in [2.75, 3.05) is 0 Å². The van der Waals surface area contributed by atoms with Crippen LogP contribution < -0.4 is 0 Å². The molecule has 0 aromatic carbocycles. The maximum atomic E-state index is 12.4. The average molecular weight is 306 g/mol. The monoisotopic (exact) mass is 306 g/mol. The fourth-order valence-corrected chi connectivity index (χ4v) is 6.97. The van der Waals surface area contributed by atoms with Gasteiger partial charge >= 0.3 is 0 Å². The summed E-state index contributed by atoms with van der Waals surface area (Å²) < 4.78 is 0. The van der Waals surface area contributed by atoms with Gasteiger partial charge in [0, 0.05) is 11.8 Å². The van der Waals surface area contributed by atoms with E-state index in [1.54, 1.807) is 0 Å². The second-order valence-electron chi connectivity index (χ2n) is 9.14. The van der Waals surface area contributed by atoms with Crippen molar-refractivity contribution in [3.8, 4) is 0 Å². The molecule has 4 saturated carbocycles. The van der Waals surface area contributed by atoms with Gasteiger partial charge in [0.05, 0.1) is 12.2 Å². The molecule has 4 aliphatic carbocycles. The van der Waals surface area contributed by atoms with Gasteiger partial charge in [-0.15, -0.1) is 0 Å². The van der Waals surface area contributed by atoms with E-state index in [2.05, 4.69) is 13.8 Å². The molecule has 3 heteroatoms. The van der Waals surface area contributed by atoms with Gasteiger partial charge in [0.15, 0.2) is 0 Å². The highest BCUT2D eigenvalue weighted by Gasteiger charge is 2.62. The van der Waals surface area contributed by atoms with Crippen LogP contribution in [0.4, 0.5) is 0 Å². The number of carbonyl (C=O) groups excluding carboxylic acids is 1. The van der Waals surface area contributed by atoms with Crippen molar-refractivity contribution in [1.82, 2.24) is 0 Å². The molecule has 0 unspecified atom stereocenters. The number of rotatable bonds is 0. The normalized spacial score (nSPS) is 57.9. The third-order valence-corrected chi connectivity index (χ3v) is 8.36. The van der Waals surface area contributed by atoms with Crippen LogP contribution in [0.3, 0.4) is 0 Å². The van der Waals surface area contributed by atoms with Crippen molar-refractivity contribution in [1.29, 1.82) is 0 Å². The minimum absolute atomic E-state index is 0.167. The second kappa shape index (κ2) is 4.80. The minimum atomic E-state index is -0.274. The van der Waals surface area contributed by atoms with Gasteiger partial charge in [-0.1, -0.05) is 13.8 Å². The Labute approximate surface area is 133 Å². The summed E-state index contributed by atoms with van der Waals surface area (Å²) in [4.78, 5) is 12.4. The van der Waals surface area contributed by atoms with Gasteiger partial charge in [0.2, 0.25) is 0 Å². The molecule has 0 aromatic heterocycles. The zero-order valence-corrected chi connectivity index (χ0v) is 13.9. The molecule has 0 aromatic rings. The highest BCUT2D eigenvalue weighted by atomic mass is 16.3. The molecular weight excluding hydrogens is 276 g/mol. The van der Waals surface area contributed by atoms with E-state index in [0.717, 1.165) is 51.4 Å². The number of fused-ring (bicyclic) bond motifs is 5. The molecule has 0 saturated heterocycles. The summed E-state index contributed by atoms with van der Waals surface area (Å²) >= 11 is 0. The summed E-state index contributed by atoms with van der Waals surface area (Å²) in [5.41, 5.74) is 0.0929. The molecule has 0 aliphatic heterocycles. The van der Waals surface area contributed by atoms with Crippen LogP contribution in [0.1, 0.15) is 65.2 Å². The van der Waals surface area contributed by atoms with Crippen LogP contribution in [0.25, 0.3) is 0 Å². The van der Waals surface area contributed by atoms with Gasteiger partial charge in [-0.25, -0.2) is 0 Å². The average Bonchev–Trinajstić information content (AvgIpc) is 2.77. The molecule has 3 nitrogen and oxygen atoms in total. The molecule has 124 valence electrons. The van der Waals surface area contributed by atoms with Crippen molar-refractivity contribution in [2.24, 2.45) is 34.5 Å². The Morgan fingerprint density at radius 3 is 2.55 bits per heavy atom. The first-order valence-electron chi connectivity index (χ1n) is 9.25. The molecule has 0 radical (unpaired) electrons. The lowest BCUT2D eigenvalue weighted by molar-refractivity contribution is -0.171. The number of carbonyl (C=O) groups is 1. The first-order valence-corrected chi connectivity index (χ1v) is 9.25. The number of aliphatic hydroxyl groups excluding tert-OH is 2. The van der Waals surface area contributed by atoms with E-state index >= 15 is 0 Å². The summed E-state index contributed by atoms with van der Waals surface area (Å²) in [5.74, 6) is 2.13. The first kappa shape index (κ1) is 15.1. The zero-order valence-electron chi connectivity index (χ0n) is 13.9. The summed E-state index contributed by atoms with van der Waals surface area (Å²) in [6.07, 6.45) is 7.03. The van der Waals surface area contributed by atoms with E-state index in [1.165, 1.54) is 0 Å². The molecule has 2 N–H and O–H groups in total. The van der Waals surface area contributed by atoms with Crippen molar-refractivity contribution in [3.05, 3.63) is 0 Å². The first-order chi connectivity index (χ1) is 10.4. The number of hydrogen-bond donors (Lipinski definition) is 2. The highest BCUT2D eigenvalue weighted by molar-refractivity contribution is 5.87. The zero-order chi connectivity index (χ0) is 15.7. The maximum absolute atomic E-state index is 12.4. The summed E-state index contributed by atoms with van der Waals surface area (Å²) in [6.45, 7) is 4.57. The standard InChI is InChI=1S/C19H30O3/c1-18-7-5-12(20)9-11(18)10-15(21)17-13-3-4-16(22)19(13,2)8-6-14(17)18/h11-15,17,20-21H,3-10H2,1-2H3/t11-,12-,13-,14-,15-,17-,18-,19+/m1/s1. The molecule has 0 amide bonds. The van der Waals surface area contributed by atoms with Gasteiger partial charge in [0.1, 0.15) is 5.78 Å². The van der Waals surface area contributed by atoms with E-state index in [1.807, 2.05) is 0 Å². The second-order valence-corrected chi connectivity index (χ2v) is 9.14. The van der Waals surface area contributed by atoms with Crippen LogP contribution in [0.2, 0.25) is 0 Å². The van der Waals surface area contributed by atoms with E-state index < -0.39 is 0 Å². The molecule has 22 heavy (non-hydrogen) atoms. The van der Waals surface area contributed by atoms with Crippen LogP contribution in [0.15, 0.2) is 0 Å². The Bertz CT molecular complexity index is 489. The molecule has 8 atom stereocenters. The minimum Gasteiger partial charge on any atom is -0.393 e. The fourth-order valence-electron chi connectivity index (χ4n) is 6.97. The topological polar surface area (TPSA) is 57.5 Å². The predicted molar refractivity (Wildman–Crippen MR) is 84.1 cm³/mol. The van der Waals surface area contributed by atoms with Gasteiger partial charge in [-0.05, 0) is 74.0 Å². The van der Waals surface area contributed by atoms with Gasteiger partial charge in [-0.2, -0.15) is 0 Å². The molecule has 4 fully saturated rings. The van der Waals surface area contributed by atoms with Crippen molar-refractivity contribution < 1.29 is 15.0 Å². The lowest BCUT2D eigenvalue weighted by atomic mass is 9.44. The fraction of sp³-hybridized carbons (Fsp3) is 0.947. The number of Topliss-reactive ketones (excluding diaryl/α,β-unsaturated/α-hetero) is 1. The maximum Gasteiger partial charge on any atom is 0.139 e. The van der Waals surface area contributed by atoms with Crippen LogP contribution in [-0.2, 0) is 4.79 Å². The summed E-state index contributed by atoms with van der Waals surface area (Å²) in [6, 6.07) is 0. The van der Waals surface area contributed by atoms with Crippen LogP contribution in [0, 0.1) is 34.5 Å². The van der Waals surface area contributed by atoms with Crippen LogP contribution in [-0.4, -0.2) is 28.2 Å². The van der Waals surface area contributed by atoms with E-state index in [-0.39, 0.29) is 23.0 Å². The Balaban J connectivity index is 1.69. The van der Waals surface area contributed by atoms with Gasteiger partial charge in [0.25, 0.3) is 0 Å².